The molecule has 0 unspecified atom stereocenters. The van der Waals surface area contributed by atoms with E-state index in [2.05, 4.69) is 41.9 Å². The molecule has 3 aromatic rings. The zero-order valence-corrected chi connectivity index (χ0v) is 14.8. The van der Waals surface area contributed by atoms with Gasteiger partial charge in [-0.1, -0.05) is 15.9 Å². The number of nitrogens with zero attached hydrogens (tertiary/aromatic N) is 2. The van der Waals surface area contributed by atoms with Crippen LogP contribution in [0.3, 0.4) is 0 Å². The number of benzene rings is 1. The van der Waals surface area contributed by atoms with Crippen LogP contribution in [0.4, 0.5) is 0 Å². The van der Waals surface area contributed by atoms with Crippen molar-refractivity contribution in [3.8, 4) is 22.1 Å². The van der Waals surface area contributed by atoms with Gasteiger partial charge in [0.2, 0.25) is 0 Å². The van der Waals surface area contributed by atoms with Gasteiger partial charge in [0, 0.05) is 4.47 Å². The van der Waals surface area contributed by atoms with Gasteiger partial charge in [-0.25, -0.2) is 4.79 Å². The van der Waals surface area contributed by atoms with Crippen molar-refractivity contribution >= 4 is 43.2 Å². The van der Waals surface area contributed by atoms with Gasteiger partial charge in [0.1, 0.15) is 11.4 Å². The molecule has 3 rings (SSSR count). The smallest absolute Gasteiger partial charge is 0.348 e. The number of rotatable bonds is 3. The summed E-state index contributed by atoms with van der Waals surface area (Å²) in [4.78, 5) is 15.8. The van der Waals surface area contributed by atoms with Crippen molar-refractivity contribution in [1.29, 1.82) is 0 Å². The van der Waals surface area contributed by atoms with Crippen molar-refractivity contribution in [2.24, 2.45) is 0 Å². The van der Waals surface area contributed by atoms with Gasteiger partial charge >= 0.3 is 5.69 Å². The molecule has 0 atom stereocenters. The van der Waals surface area contributed by atoms with Crippen LogP contribution >= 0.6 is 43.2 Å². The minimum Gasteiger partial charge on any atom is -0.494 e. The summed E-state index contributed by atoms with van der Waals surface area (Å²) < 4.78 is 8.41. The van der Waals surface area contributed by atoms with Crippen molar-refractivity contribution in [2.75, 3.05) is 7.11 Å². The molecular weight excluding hydrogens is 422 g/mol. The van der Waals surface area contributed by atoms with Crippen LogP contribution < -0.4 is 10.4 Å². The monoisotopic (exact) mass is 429 g/mol. The summed E-state index contributed by atoms with van der Waals surface area (Å²) in [6.45, 7) is 0. The maximum absolute atomic E-state index is 12.2. The van der Waals surface area contributed by atoms with E-state index >= 15 is 0 Å². The summed E-state index contributed by atoms with van der Waals surface area (Å²) in [6, 6.07) is 9.22. The van der Waals surface area contributed by atoms with Crippen molar-refractivity contribution in [1.82, 2.24) is 14.8 Å². The highest BCUT2D eigenvalue weighted by molar-refractivity contribution is 9.11. The standard InChI is InChI=1S/C13H9Br2N3O2S/c1-20-9-3-2-7(14)6-8(9)18-13(19)16-12(17-18)10-4-5-11(15)21-10/h2-6H,1H3,(H,16,17,19). The van der Waals surface area contributed by atoms with Gasteiger partial charge in [0.25, 0.3) is 0 Å². The molecule has 8 heteroatoms. The molecule has 0 aliphatic heterocycles. The topological polar surface area (TPSA) is 59.9 Å². The van der Waals surface area contributed by atoms with Gasteiger partial charge in [0.15, 0.2) is 5.82 Å². The van der Waals surface area contributed by atoms with Crippen LogP contribution in [0.1, 0.15) is 0 Å². The van der Waals surface area contributed by atoms with Crippen molar-refractivity contribution in [3.63, 3.8) is 0 Å². The van der Waals surface area contributed by atoms with Crippen molar-refractivity contribution < 1.29 is 4.74 Å². The van der Waals surface area contributed by atoms with E-state index in [1.54, 1.807) is 19.2 Å². The Hall–Kier alpha value is -1.38. The second kappa shape index (κ2) is 5.78. The number of methoxy groups -OCH3 is 1. The minimum atomic E-state index is -0.314. The first-order valence-electron chi connectivity index (χ1n) is 5.87. The fourth-order valence-electron chi connectivity index (χ4n) is 1.87. The lowest BCUT2D eigenvalue weighted by molar-refractivity contribution is 0.411. The molecule has 21 heavy (non-hydrogen) atoms. The number of hydrogen-bond acceptors (Lipinski definition) is 4. The third-order valence-electron chi connectivity index (χ3n) is 2.79. The molecule has 0 spiro atoms. The number of ether oxygens (including phenoxy) is 1. The first-order chi connectivity index (χ1) is 10.1. The summed E-state index contributed by atoms with van der Waals surface area (Å²) in [7, 11) is 1.56. The maximum atomic E-state index is 12.2. The second-order valence-electron chi connectivity index (χ2n) is 4.11. The zero-order valence-electron chi connectivity index (χ0n) is 10.8. The lowest BCUT2D eigenvalue weighted by atomic mass is 10.3. The lowest BCUT2D eigenvalue weighted by Crippen LogP contribution is -2.16. The van der Waals surface area contributed by atoms with Crippen LogP contribution in [0.5, 0.6) is 5.75 Å². The Morgan fingerprint density at radius 1 is 1.29 bits per heavy atom. The van der Waals surface area contributed by atoms with Gasteiger partial charge in [0.05, 0.1) is 15.8 Å². The highest BCUT2D eigenvalue weighted by Gasteiger charge is 2.14. The highest BCUT2D eigenvalue weighted by Crippen LogP contribution is 2.30. The van der Waals surface area contributed by atoms with Gasteiger partial charge < -0.3 is 4.74 Å². The van der Waals surface area contributed by atoms with E-state index < -0.39 is 0 Å². The molecule has 108 valence electrons. The molecule has 0 saturated carbocycles. The van der Waals surface area contributed by atoms with E-state index in [0.717, 1.165) is 13.1 Å². The Balaban J connectivity index is 2.14. The number of nitrogens with one attached hydrogen (secondary N) is 1. The van der Waals surface area contributed by atoms with E-state index in [9.17, 15) is 4.79 Å². The number of aromatic amines is 1. The fraction of sp³-hybridized carbons (Fsp3) is 0.0769. The van der Waals surface area contributed by atoms with Gasteiger partial charge in [-0.15, -0.1) is 16.4 Å². The van der Waals surface area contributed by atoms with Crippen LogP contribution in [0.2, 0.25) is 0 Å². The SMILES string of the molecule is COc1ccc(Br)cc1-n1nc(-c2ccc(Br)s2)[nH]c1=O. The van der Waals surface area contributed by atoms with Crippen LogP contribution in [0.15, 0.2) is 43.4 Å². The number of thiophene rings is 1. The number of aromatic nitrogens is 3. The largest absolute Gasteiger partial charge is 0.494 e. The predicted molar refractivity (Wildman–Crippen MR) is 89.4 cm³/mol. The molecule has 2 aromatic heterocycles. The molecular formula is C13H9Br2N3O2S. The summed E-state index contributed by atoms with van der Waals surface area (Å²) in [6.07, 6.45) is 0. The predicted octanol–water partition coefficient (Wildman–Crippen LogP) is 3.82. The van der Waals surface area contributed by atoms with Crippen molar-refractivity contribution in [2.45, 2.75) is 0 Å². The number of H-pyrrole nitrogens is 1. The molecule has 0 amide bonds. The van der Waals surface area contributed by atoms with Gasteiger partial charge in [-0.3, -0.25) is 4.98 Å². The summed E-state index contributed by atoms with van der Waals surface area (Å²) >= 11 is 8.29. The summed E-state index contributed by atoms with van der Waals surface area (Å²) in [5.74, 6) is 1.10. The molecule has 0 aliphatic rings. The normalized spacial score (nSPS) is 10.8. The van der Waals surface area contributed by atoms with E-state index in [1.165, 1.54) is 16.0 Å². The fourth-order valence-corrected chi connectivity index (χ4v) is 3.54. The van der Waals surface area contributed by atoms with Gasteiger partial charge in [-0.2, -0.15) is 4.68 Å². The van der Waals surface area contributed by atoms with Crippen molar-refractivity contribution in [3.05, 3.63) is 49.1 Å². The third kappa shape index (κ3) is 2.83. The zero-order chi connectivity index (χ0) is 15.0. The highest BCUT2D eigenvalue weighted by atomic mass is 79.9. The van der Waals surface area contributed by atoms with Crippen LogP contribution in [-0.4, -0.2) is 21.9 Å². The third-order valence-corrected chi connectivity index (χ3v) is 4.92. The molecule has 2 heterocycles. The van der Waals surface area contributed by atoms with E-state index in [-0.39, 0.29) is 5.69 Å². The minimum absolute atomic E-state index is 0.314. The van der Waals surface area contributed by atoms with Gasteiger partial charge in [-0.05, 0) is 46.3 Å². The Morgan fingerprint density at radius 2 is 2.10 bits per heavy atom. The average molecular weight is 431 g/mol. The number of hydrogen-bond donors (Lipinski definition) is 1. The summed E-state index contributed by atoms with van der Waals surface area (Å²) in [5, 5.41) is 4.35. The molecule has 0 aliphatic carbocycles. The first-order valence-corrected chi connectivity index (χ1v) is 8.27. The molecule has 1 aromatic carbocycles. The molecule has 5 nitrogen and oxygen atoms in total. The average Bonchev–Trinajstić information content (AvgIpc) is 3.05. The first kappa shape index (κ1) is 14.6. The van der Waals surface area contributed by atoms with Crippen LogP contribution in [-0.2, 0) is 0 Å². The molecule has 1 N–H and O–H groups in total. The number of halogens is 2. The molecule has 0 radical (unpaired) electrons. The van der Waals surface area contributed by atoms with E-state index in [1.807, 2.05) is 18.2 Å². The Kier molecular flexibility index (Phi) is 4.01. The Morgan fingerprint density at radius 3 is 2.76 bits per heavy atom. The Bertz CT molecular complexity index is 853. The Labute approximate surface area is 140 Å². The quantitative estimate of drug-likeness (QED) is 0.686. The molecule has 0 saturated heterocycles. The van der Waals surface area contributed by atoms with E-state index in [0.29, 0.717) is 17.3 Å². The molecule has 0 bridgehead atoms. The molecule has 0 fully saturated rings. The summed E-state index contributed by atoms with van der Waals surface area (Å²) in [5.41, 5.74) is 0.265. The second-order valence-corrected chi connectivity index (χ2v) is 7.49. The van der Waals surface area contributed by atoms with Crippen LogP contribution in [0.25, 0.3) is 16.4 Å². The lowest BCUT2D eigenvalue weighted by Gasteiger charge is -2.07. The maximum Gasteiger partial charge on any atom is 0.348 e. The van der Waals surface area contributed by atoms with Crippen LogP contribution in [0, 0.1) is 0 Å². The van der Waals surface area contributed by atoms with E-state index in [4.69, 9.17) is 4.74 Å².